The summed E-state index contributed by atoms with van der Waals surface area (Å²) in [7, 11) is 0. The number of benzene rings is 2. The number of carbonyl (C=O) groups is 1. The minimum atomic E-state index is -0.156. The Morgan fingerprint density at radius 3 is 2.09 bits per heavy atom. The summed E-state index contributed by atoms with van der Waals surface area (Å²) >= 11 is 0. The van der Waals surface area contributed by atoms with E-state index in [1.54, 1.807) is 0 Å². The fourth-order valence-electron chi connectivity index (χ4n) is 3.21. The zero-order valence-corrected chi connectivity index (χ0v) is 13.1. The number of carbonyl (C=O) groups excluding carboxylic acids is 1. The number of Topliss-reactive ketones (excluding diaryl/α,β-unsaturated/α-hetero) is 1. The SMILES string of the molecule is CC1CCN(C(C(=O)c2ccccc2)c2ccccc2)CC1. The molecule has 1 heterocycles. The number of hydrogen-bond donors (Lipinski definition) is 0. The van der Waals surface area contributed by atoms with E-state index in [0.29, 0.717) is 0 Å². The Morgan fingerprint density at radius 2 is 1.50 bits per heavy atom. The summed E-state index contributed by atoms with van der Waals surface area (Å²) in [5.74, 6) is 0.973. The highest BCUT2D eigenvalue weighted by Crippen LogP contribution is 2.29. The highest BCUT2D eigenvalue weighted by molar-refractivity contribution is 6.00. The van der Waals surface area contributed by atoms with Crippen LogP contribution < -0.4 is 0 Å². The van der Waals surface area contributed by atoms with Gasteiger partial charge in [0.05, 0.1) is 6.04 Å². The molecule has 1 aliphatic heterocycles. The summed E-state index contributed by atoms with van der Waals surface area (Å²) in [6.07, 6.45) is 2.34. The van der Waals surface area contributed by atoms with Crippen LogP contribution in [0.5, 0.6) is 0 Å². The fraction of sp³-hybridized carbons (Fsp3) is 0.350. The van der Waals surface area contributed by atoms with E-state index in [1.807, 2.05) is 48.5 Å². The summed E-state index contributed by atoms with van der Waals surface area (Å²) in [6, 6.07) is 19.7. The number of hydrogen-bond acceptors (Lipinski definition) is 2. The predicted molar refractivity (Wildman–Crippen MR) is 89.9 cm³/mol. The molecule has 3 rings (SSSR count). The van der Waals surface area contributed by atoms with Crippen molar-refractivity contribution in [3.05, 3.63) is 71.8 Å². The number of likely N-dealkylation sites (tertiary alicyclic amines) is 1. The summed E-state index contributed by atoms with van der Waals surface area (Å²) in [5, 5.41) is 0. The van der Waals surface area contributed by atoms with Crippen LogP contribution >= 0.6 is 0 Å². The van der Waals surface area contributed by atoms with E-state index in [4.69, 9.17) is 0 Å². The second-order valence-corrected chi connectivity index (χ2v) is 6.26. The normalized spacial score (nSPS) is 18.0. The molecule has 0 aliphatic carbocycles. The van der Waals surface area contributed by atoms with Gasteiger partial charge in [-0.05, 0) is 37.4 Å². The van der Waals surface area contributed by atoms with Crippen molar-refractivity contribution in [3.63, 3.8) is 0 Å². The Bertz CT molecular complexity index is 600. The molecule has 1 saturated heterocycles. The summed E-state index contributed by atoms with van der Waals surface area (Å²) in [4.78, 5) is 15.4. The Morgan fingerprint density at radius 1 is 0.955 bits per heavy atom. The van der Waals surface area contributed by atoms with E-state index in [0.717, 1.165) is 30.1 Å². The first kappa shape index (κ1) is 15.0. The smallest absolute Gasteiger partial charge is 0.184 e. The van der Waals surface area contributed by atoms with Gasteiger partial charge < -0.3 is 0 Å². The van der Waals surface area contributed by atoms with Crippen molar-refractivity contribution < 1.29 is 4.79 Å². The maximum atomic E-state index is 13.1. The number of ketones is 1. The molecule has 0 amide bonds. The highest BCUT2D eigenvalue weighted by Gasteiger charge is 2.30. The highest BCUT2D eigenvalue weighted by atomic mass is 16.1. The van der Waals surface area contributed by atoms with Gasteiger partial charge >= 0.3 is 0 Å². The molecule has 0 N–H and O–H groups in total. The maximum Gasteiger partial charge on any atom is 0.184 e. The first-order chi connectivity index (χ1) is 10.8. The molecule has 2 heteroatoms. The molecule has 1 unspecified atom stereocenters. The Kier molecular flexibility index (Phi) is 4.69. The van der Waals surface area contributed by atoms with Crippen molar-refractivity contribution in [2.45, 2.75) is 25.8 Å². The molecule has 0 bridgehead atoms. The lowest BCUT2D eigenvalue weighted by Crippen LogP contribution is -2.39. The zero-order chi connectivity index (χ0) is 15.4. The van der Waals surface area contributed by atoms with E-state index < -0.39 is 0 Å². The third-order valence-corrected chi connectivity index (χ3v) is 4.61. The largest absolute Gasteiger partial charge is 0.292 e. The lowest BCUT2D eigenvalue weighted by atomic mass is 9.92. The first-order valence-corrected chi connectivity index (χ1v) is 8.14. The Hall–Kier alpha value is -1.93. The van der Waals surface area contributed by atoms with Crippen molar-refractivity contribution in [1.82, 2.24) is 4.90 Å². The molecule has 0 spiro atoms. The van der Waals surface area contributed by atoms with E-state index in [2.05, 4.69) is 24.0 Å². The molecule has 0 aromatic heterocycles. The van der Waals surface area contributed by atoms with Crippen LogP contribution in [-0.4, -0.2) is 23.8 Å². The third-order valence-electron chi connectivity index (χ3n) is 4.61. The molecule has 1 atom stereocenters. The Labute approximate surface area is 132 Å². The lowest BCUT2D eigenvalue weighted by Gasteiger charge is -2.36. The van der Waals surface area contributed by atoms with E-state index >= 15 is 0 Å². The average molecular weight is 293 g/mol. The molecule has 2 aromatic rings. The molecule has 0 saturated carbocycles. The van der Waals surface area contributed by atoms with E-state index in [-0.39, 0.29) is 11.8 Å². The monoisotopic (exact) mass is 293 g/mol. The molecular weight excluding hydrogens is 270 g/mol. The molecule has 1 aliphatic rings. The topological polar surface area (TPSA) is 20.3 Å². The molecule has 0 radical (unpaired) electrons. The van der Waals surface area contributed by atoms with Crippen molar-refractivity contribution >= 4 is 5.78 Å². The second kappa shape index (κ2) is 6.89. The number of rotatable bonds is 4. The van der Waals surface area contributed by atoms with Gasteiger partial charge in [-0.1, -0.05) is 67.6 Å². The molecule has 2 aromatic carbocycles. The molecule has 114 valence electrons. The molecular formula is C20H23NO. The van der Waals surface area contributed by atoms with Crippen LogP contribution in [0, 0.1) is 5.92 Å². The van der Waals surface area contributed by atoms with Crippen molar-refractivity contribution in [2.75, 3.05) is 13.1 Å². The summed E-state index contributed by atoms with van der Waals surface area (Å²) in [5.41, 5.74) is 1.90. The predicted octanol–water partition coefficient (Wildman–Crippen LogP) is 4.34. The molecule has 1 fully saturated rings. The van der Waals surface area contributed by atoms with Gasteiger partial charge in [-0.3, -0.25) is 9.69 Å². The molecule has 22 heavy (non-hydrogen) atoms. The Balaban J connectivity index is 1.91. The second-order valence-electron chi connectivity index (χ2n) is 6.26. The lowest BCUT2D eigenvalue weighted by molar-refractivity contribution is 0.0749. The van der Waals surface area contributed by atoms with Crippen LogP contribution in [-0.2, 0) is 0 Å². The van der Waals surface area contributed by atoms with Gasteiger partial charge in [0.2, 0.25) is 0 Å². The van der Waals surface area contributed by atoms with Gasteiger partial charge in [-0.15, -0.1) is 0 Å². The fourth-order valence-corrected chi connectivity index (χ4v) is 3.21. The van der Waals surface area contributed by atoms with Gasteiger partial charge in [0.1, 0.15) is 0 Å². The van der Waals surface area contributed by atoms with Crippen LogP contribution in [0.25, 0.3) is 0 Å². The minimum absolute atomic E-state index is 0.156. The van der Waals surface area contributed by atoms with Crippen LogP contribution in [0.1, 0.15) is 41.7 Å². The van der Waals surface area contributed by atoms with Crippen molar-refractivity contribution in [1.29, 1.82) is 0 Å². The van der Waals surface area contributed by atoms with Crippen LogP contribution in [0.4, 0.5) is 0 Å². The van der Waals surface area contributed by atoms with Crippen molar-refractivity contribution in [2.24, 2.45) is 5.92 Å². The van der Waals surface area contributed by atoms with Crippen LogP contribution in [0.15, 0.2) is 60.7 Å². The average Bonchev–Trinajstić information content (AvgIpc) is 2.58. The minimum Gasteiger partial charge on any atom is -0.292 e. The van der Waals surface area contributed by atoms with Gasteiger partial charge in [0.25, 0.3) is 0 Å². The summed E-state index contributed by atoms with van der Waals surface area (Å²) < 4.78 is 0. The first-order valence-electron chi connectivity index (χ1n) is 8.14. The van der Waals surface area contributed by atoms with E-state index in [1.165, 1.54) is 12.8 Å². The van der Waals surface area contributed by atoms with Crippen molar-refractivity contribution in [3.8, 4) is 0 Å². The van der Waals surface area contributed by atoms with Crippen LogP contribution in [0.3, 0.4) is 0 Å². The number of piperidine rings is 1. The van der Waals surface area contributed by atoms with Gasteiger partial charge in [-0.2, -0.15) is 0 Å². The quantitative estimate of drug-likeness (QED) is 0.781. The zero-order valence-electron chi connectivity index (χ0n) is 13.1. The van der Waals surface area contributed by atoms with E-state index in [9.17, 15) is 4.79 Å². The van der Waals surface area contributed by atoms with Gasteiger partial charge in [-0.25, -0.2) is 0 Å². The maximum absolute atomic E-state index is 13.1. The summed E-state index contributed by atoms with van der Waals surface area (Å²) in [6.45, 7) is 4.30. The van der Waals surface area contributed by atoms with Gasteiger partial charge in [0, 0.05) is 5.56 Å². The third kappa shape index (κ3) is 3.28. The molecule has 2 nitrogen and oxygen atoms in total. The van der Waals surface area contributed by atoms with Crippen LogP contribution in [0.2, 0.25) is 0 Å². The number of nitrogens with zero attached hydrogens (tertiary/aromatic N) is 1. The van der Waals surface area contributed by atoms with Gasteiger partial charge in [0.15, 0.2) is 5.78 Å². The standard InChI is InChI=1S/C20H23NO/c1-16-12-14-21(15-13-16)19(17-8-4-2-5-9-17)20(22)18-10-6-3-7-11-18/h2-11,16,19H,12-15H2,1H3.